The highest BCUT2D eigenvalue weighted by Gasteiger charge is 2.26. The largest absolute Gasteiger partial charge is 0.486 e. The molecule has 5 rings (SSSR count). The van der Waals surface area contributed by atoms with Gasteiger partial charge in [0.25, 0.3) is 0 Å². The van der Waals surface area contributed by atoms with Gasteiger partial charge in [-0.25, -0.2) is 4.98 Å². The van der Waals surface area contributed by atoms with E-state index in [1.165, 1.54) is 17.5 Å². The van der Waals surface area contributed by atoms with Crippen LogP contribution in [0, 0.1) is 18.3 Å². The summed E-state index contributed by atoms with van der Waals surface area (Å²) in [6.07, 6.45) is 4.86. The summed E-state index contributed by atoms with van der Waals surface area (Å²) in [5.41, 5.74) is 5.86. The van der Waals surface area contributed by atoms with E-state index in [0.717, 1.165) is 40.6 Å². The Balaban J connectivity index is 1.49. The van der Waals surface area contributed by atoms with E-state index in [1.807, 2.05) is 37.3 Å². The fourth-order valence-electron chi connectivity index (χ4n) is 3.84. The Morgan fingerprint density at radius 2 is 2.22 bits per heavy atom. The minimum Gasteiger partial charge on any atom is -0.486 e. The maximum absolute atomic E-state index is 9.23. The van der Waals surface area contributed by atoms with Crippen LogP contribution >= 0.6 is 0 Å². The van der Waals surface area contributed by atoms with Crippen molar-refractivity contribution in [3.8, 4) is 23.3 Å². The molecule has 27 heavy (non-hydrogen) atoms. The molecule has 0 fully saturated rings. The van der Waals surface area contributed by atoms with Crippen molar-refractivity contribution in [2.45, 2.75) is 25.9 Å². The van der Waals surface area contributed by atoms with Gasteiger partial charge < -0.3 is 9.15 Å². The van der Waals surface area contributed by atoms with Crippen molar-refractivity contribution in [1.29, 1.82) is 5.26 Å². The number of fused-ring (bicyclic) bond motifs is 2. The molecule has 0 bridgehead atoms. The second-order valence-corrected chi connectivity index (χ2v) is 6.71. The second kappa shape index (κ2) is 5.99. The van der Waals surface area contributed by atoms with E-state index in [-0.39, 0.29) is 6.10 Å². The Kier molecular flexibility index (Phi) is 3.47. The lowest BCUT2D eigenvalue weighted by atomic mass is 9.99. The summed E-state index contributed by atoms with van der Waals surface area (Å²) in [5, 5.41) is 17.5. The first-order valence-corrected chi connectivity index (χ1v) is 8.80. The maximum Gasteiger partial charge on any atom is 0.181 e. The molecule has 1 aliphatic carbocycles. The van der Waals surface area contributed by atoms with Crippen molar-refractivity contribution in [3.63, 3.8) is 0 Å². The van der Waals surface area contributed by atoms with Crippen LogP contribution in [0.2, 0.25) is 0 Å². The average molecular weight is 356 g/mol. The zero-order valence-electron chi connectivity index (χ0n) is 14.7. The van der Waals surface area contributed by atoms with Crippen molar-refractivity contribution < 1.29 is 9.15 Å². The van der Waals surface area contributed by atoms with Gasteiger partial charge in [-0.3, -0.25) is 5.10 Å². The van der Waals surface area contributed by atoms with Crippen LogP contribution in [-0.2, 0) is 6.42 Å². The molecule has 1 N–H and O–H groups in total. The number of nitriles is 1. The Morgan fingerprint density at radius 3 is 3.04 bits per heavy atom. The molecule has 0 unspecified atom stereocenters. The zero-order chi connectivity index (χ0) is 18.4. The van der Waals surface area contributed by atoms with Crippen molar-refractivity contribution >= 4 is 10.9 Å². The minimum absolute atomic E-state index is 0.00970. The highest BCUT2D eigenvalue weighted by atomic mass is 16.5. The van der Waals surface area contributed by atoms with E-state index in [4.69, 9.17) is 9.15 Å². The lowest BCUT2D eigenvalue weighted by Crippen LogP contribution is -2.04. The van der Waals surface area contributed by atoms with Crippen molar-refractivity contribution in [2.24, 2.45) is 0 Å². The predicted octanol–water partition coefficient (Wildman–Crippen LogP) is 4.46. The van der Waals surface area contributed by atoms with Gasteiger partial charge in [0.2, 0.25) is 0 Å². The van der Waals surface area contributed by atoms with Gasteiger partial charge in [0.1, 0.15) is 17.5 Å². The van der Waals surface area contributed by atoms with E-state index >= 15 is 0 Å². The SMILES string of the molecule is Cc1c(C#N)ccc2c1CC[C@@H]2Oc1ccc2[nH]nc(-c3cnco3)c2c1. The molecule has 1 aliphatic rings. The molecule has 0 saturated carbocycles. The number of ether oxygens (including phenoxy) is 1. The van der Waals surface area contributed by atoms with Gasteiger partial charge in [0.05, 0.1) is 23.3 Å². The topological polar surface area (TPSA) is 87.7 Å². The van der Waals surface area contributed by atoms with E-state index in [1.54, 1.807) is 6.20 Å². The third-order valence-corrected chi connectivity index (χ3v) is 5.24. The lowest BCUT2D eigenvalue weighted by Gasteiger charge is -2.16. The summed E-state index contributed by atoms with van der Waals surface area (Å²) in [6, 6.07) is 12.0. The summed E-state index contributed by atoms with van der Waals surface area (Å²) >= 11 is 0. The Hall–Kier alpha value is -3.59. The number of aromatic amines is 1. The number of benzene rings is 2. The molecular formula is C21H16N4O2. The highest BCUT2D eigenvalue weighted by Crippen LogP contribution is 2.38. The second-order valence-electron chi connectivity index (χ2n) is 6.71. The van der Waals surface area contributed by atoms with Crippen molar-refractivity contribution in [1.82, 2.24) is 15.2 Å². The molecule has 0 aliphatic heterocycles. The van der Waals surface area contributed by atoms with E-state index in [0.29, 0.717) is 11.5 Å². The molecule has 2 heterocycles. The molecule has 0 saturated heterocycles. The Morgan fingerprint density at radius 1 is 1.30 bits per heavy atom. The fourth-order valence-corrected chi connectivity index (χ4v) is 3.84. The molecule has 132 valence electrons. The van der Waals surface area contributed by atoms with E-state index in [2.05, 4.69) is 21.3 Å². The monoisotopic (exact) mass is 356 g/mol. The van der Waals surface area contributed by atoms with Gasteiger partial charge in [0.15, 0.2) is 12.2 Å². The van der Waals surface area contributed by atoms with Gasteiger partial charge in [-0.15, -0.1) is 0 Å². The summed E-state index contributed by atoms with van der Waals surface area (Å²) in [5.74, 6) is 1.40. The van der Waals surface area contributed by atoms with Crippen LogP contribution in [0.1, 0.15) is 34.8 Å². The van der Waals surface area contributed by atoms with E-state index in [9.17, 15) is 5.26 Å². The predicted molar refractivity (Wildman–Crippen MR) is 99.2 cm³/mol. The third-order valence-electron chi connectivity index (χ3n) is 5.24. The van der Waals surface area contributed by atoms with Crippen LogP contribution < -0.4 is 4.74 Å². The highest BCUT2D eigenvalue weighted by molar-refractivity contribution is 5.92. The number of H-pyrrole nitrogens is 1. The third kappa shape index (κ3) is 2.48. The standard InChI is InChI=1S/C21H16N4O2/c1-12-13(9-22)2-4-16-15(12)5-7-19(16)27-14-3-6-18-17(8-14)21(25-24-18)20-10-23-11-26-20/h2-4,6,8,10-11,19H,5,7H2,1H3,(H,24,25)/t19-/m0/s1. The summed E-state index contributed by atoms with van der Waals surface area (Å²) in [4.78, 5) is 3.96. The van der Waals surface area contributed by atoms with Gasteiger partial charge >= 0.3 is 0 Å². The van der Waals surface area contributed by atoms with Crippen LogP contribution in [-0.4, -0.2) is 15.2 Å². The molecule has 6 heteroatoms. The summed E-state index contributed by atoms with van der Waals surface area (Å²) in [6.45, 7) is 2.01. The molecular weight excluding hydrogens is 340 g/mol. The van der Waals surface area contributed by atoms with Crippen LogP contribution in [0.5, 0.6) is 5.75 Å². The normalized spacial score (nSPS) is 15.6. The van der Waals surface area contributed by atoms with Gasteiger partial charge in [-0.2, -0.15) is 10.4 Å². The van der Waals surface area contributed by atoms with Crippen LogP contribution in [0.15, 0.2) is 47.3 Å². The Labute approximate surface area is 155 Å². The molecule has 0 amide bonds. The van der Waals surface area contributed by atoms with Gasteiger partial charge in [-0.05, 0) is 60.7 Å². The Bertz CT molecular complexity index is 1190. The summed E-state index contributed by atoms with van der Waals surface area (Å²) < 4.78 is 11.7. The first kappa shape index (κ1) is 15.6. The molecule has 0 spiro atoms. The number of hydrogen-bond acceptors (Lipinski definition) is 5. The summed E-state index contributed by atoms with van der Waals surface area (Å²) in [7, 11) is 0. The zero-order valence-corrected chi connectivity index (χ0v) is 14.7. The number of oxazole rings is 1. The van der Waals surface area contributed by atoms with Gasteiger partial charge in [-0.1, -0.05) is 6.07 Å². The number of aromatic nitrogens is 3. The number of hydrogen-bond donors (Lipinski definition) is 1. The molecule has 1 atom stereocenters. The maximum atomic E-state index is 9.23. The molecule has 2 aromatic heterocycles. The first-order chi connectivity index (χ1) is 13.2. The number of rotatable bonds is 3. The van der Waals surface area contributed by atoms with Crippen LogP contribution in [0.4, 0.5) is 0 Å². The first-order valence-electron chi connectivity index (χ1n) is 8.80. The molecule has 4 aromatic rings. The number of nitrogens with zero attached hydrogens (tertiary/aromatic N) is 3. The number of nitrogens with one attached hydrogen (secondary N) is 1. The van der Waals surface area contributed by atoms with Crippen LogP contribution in [0.3, 0.4) is 0 Å². The van der Waals surface area contributed by atoms with Gasteiger partial charge in [0, 0.05) is 5.39 Å². The molecule has 0 radical (unpaired) electrons. The minimum atomic E-state index is -0.00970. The van der Waals surface area contributed by atoms with E-state index < -0.39 is 0 Å². The smallest absolute Gasteiger partial charge is 0.181 e. The fraction of sp³-hybridized carbons (Fsp3) is 0.190. The quantitative estimate of drug-likeness (QED) is 0.585. The average Bonchev–Trinajstić information content (AvgIpc) is 3.41. The molecule has 6 nitrogen and oxygen atoms in total. The van der Waals surface area contributed by atoms with Crippen molar-refractivity contribution in [2.75, 3.05) is 0 Å². The van der Waals surface area contributed by atoms with Crippen LogP contribution in [0.25, 0.3) is 22.4 Å². The lowest BCUT2D eigenvalue weighted by molar-refractivity contribution is 0.208. The van der Waals surface area contributed by atoms with Crippen molar-refractivity contribution in [3.05, 3.63) is 65.2 Å². The molecule has 2 aromatic carbocycles.